The third-order valence-corrected chi connectivity index (χ3v) is 3.42. The van der Waals surface area contributed by atoms with Crippen molar-refractivity contribution in [2.24, 2.45) is 5.92 Å². The quantitative estimate of drug-likeness (QED) is 0.709. The fourth-order valence-electron chi connectivity index (χ4n) is 2.51. The van der Waals surface area contributed by atoms with E-state index >= 15 is 0 Å². The van der Waals surface area contributed by atoms with Gasteiger partial charge in [0.15, 0.2) is 12.3 Å². The Balaban J connectivity index is 1.99. The molecule has 3 rings (SSSR count). The first-order valence-electron chi connectivity index (χ1n) is 5.62. The van der Waals surface area contributed by atoms with E-state index in [-0.39, 0.29) is 24.0 Å². The highest BCUT2D eigenvalue weighted by Crippen LogP contribution is 2.42. The summed E-state index contributed by atoms with van der Waals surface area (Å²) in [5.74, 6) is 0.326. The highest BCUT2D eigenvalue weighted by atomic mass is 16.6. The molecule has 0 saturated carbocycles. The summed E-state index contributed by atoms with van der Waals surface area (Å²) in [7, 11) is 0. The molecule has 0 amide bonds. The molecule has 5 nitrogen and oxygen atoms in total. The first-order valence-corrected chi connectivity index (χ1v) is 5.62. The van der Waals surface area contributed by atoms with Gasteiger partial charge in [0.2, 0.25) is 0 Å². The van der Waals surface area contributed by atoms with Gasteiger partial charge in [0, 0.05) is 18.2 Å². The molecule has 1 fully saturated rings. The van der Waals surface area contributed by atoms with Gasteiger partial charge in [0.05, 0.1) is 6.10 Å². The third-order valence-electron chi connectivity index (χ3n) is 3.42. The van der Waals surface area contributed by atoms with E-state index in [1.807, 2.05) is 0 Å². The fraction of sp³-hybridized carbons (Fsp3) is 0.636. The first-order chi connectivity index (χ1) is 7.70. The van der Waals surface area contributed by atoms with Crippen molar-refractivity contribution >= 4 is 0 Å². The Hall–Kier alpha value is -1.36. The Morgan fingerprint density at radius 1 is 1.56 bits per heavy atom. The Morgan fingerprint density at radius 3 is 3.12 bits per heavy atom. The largest absolute Gasteiger partial charge is 0.456 e. The van der Waals surface area contributed by atoms with Crippen LogP contribution in [0.2, 0.25) is 0 Å². The lowest BCUT2D eigenvalue weighted by Gasteiger charge is -2.15. The monoisotopic (exact) mass is 222 g/mol. The molecule has 2 aliphatic heterocycles. The topological polar surface area (TPSA) is 53.4 Å². The van der Waals surface area contributed by atoms with Crippen molar-refractivity contribution in [1.82, 2.24) is 9.55 Å². The minimum atomic E-state index is -0.272. The molecule has 0 aromatic carbocycles. The molecule has 0 radical (unpaired) electrons. The molecule has 16 heavy (non-hydrogen) atoms. The summed E-state index contributed by atoms with van der Waals surface area (Å²) in [5.41, 5.74) is -0.272. The van der Waals surface area contributed by atoms with Gasteiger partial charge >= 0.3 is 6.01 Å². The average Bonchev–Trinajstić information content (AvgIpc) is 2.75. The summed E-state index contributed by atoms with van der Waals surface area (Å²) in [5, 5.41) is 0. The Labute approximate surface area is 93.0 Å². The molecule has 0 spiro atoms. The van der Waals surface area contributed by atoms with Gasteiger partial charge in [0.1, 0.15) is 0 Å². The maximum Gasteiger partial charge on any atom is 0.302 e. The summed E-state index contributed by atoms with van der Waals surface area (Å²) in [6, 6.07) is 1.81. The summed E-state index contributed by atoms with van der Waals surface area (Å²) < 4.78 is 13.4. The van der Waals surface area contributed by atoms with Crippen molar-refractivity contribution in [3.63, 3.8) is 0 Å². The van der Waals surface area contributed by atoms with E-state index < -0.39 is 0 Å². The molecular formula is C11H14N2O3. The number of hydrogen-bond donors (Lipinski definition) is 0. The van der Waals surface area contributed by atoms with Gasteiger partial charge in [-0.15, -0.1) is 0 Å². The van der Waals surface area contributed by atoms with Crippen LogP contribution in [0.4, 0.5) is 0 Å². The van der Waals surface area contributed by atoms with E-state index in [0.717, 1.165) is 6.42 Å². The van der Waals surface area contributed by atoms with Gasteiger partial charge in [-0.3, -0.25) is 9.36 Å². The average molecular weight is 222 g/mol. The molecule has 0 aliphatic carbocycles. The second-order valence-electron chi connectivity index (χ2n) is 4.37. The Bertz CT molecular complexity index is 471. The SMILES string of the molecule is CC[C@H]1O[C@@H]2C(Oc3nc(=O)ccn32)[C@H]1C. The third kappa shape index (κ3) is 1.21. The molecule has 0 bridgehead atoms. The molecule has 3 heterocycles. The van der Waals surface area contributed by atoms with E-state index in [9.17, 15) is 4.79 Å². The predicted molar refractivity (Wildman–Crippen MR) is 56.3 cm³/mol. The van der Waals surface area contributed by atoms with Crippen molar-refractivity contribution in [2.45, 2.75) is 38.7 Å². The Morgan fingerprint density at radius 2 is 2.38 bits per heavy atom. The number of aromatic nitrogens is 2. The first kappa shape index (κ1) is 9.84. The van der Waals surface area contributed by atoms with Crippen molar-refractivity contribution in [2.75, 3.05) is 0 Å². The predicted octanol–water partition coefficient (Wildman–Crippen LogP) is 0.948. The van der Waals surface area contributed by atoms with Gasteiger partial charge in [-0.1, -0.05) is 13.8 Å². The van der Waals surface area contributed by atoms with Crippen LogP contribution in [0, 0.1) is 5.92 Å². The second kappa shape index (κ2) is 3.31. The van der Waals surface area contributed by atoms with E-state index in [1.54, 1.807) is 10.8 Å². The Kier molecular flexibility index (Phi) is 2.04. The van der Waals surface area contributed by atoms with Crippen LogP contribution in [0.3, 0.4) is 0 Å². The standard InChI is InChI=1S/C11H14N2O3/c1-3-7-6(2)9-10(15-7)13-5-4-8(14)12-11(13)16-9/h4-7,9-10H,3H2,1-2H3/t6-,7+,9?,10+/m0/s1. The van der Waals surface area contributed by atoms with Crippen LogP contribution in [0.25, 0.3) is 0 Å². The molecule has 1 aromatic rings. The van der Waals surface area contributed by atoms with Gasteiger partial charge in [-0.25, -0.2) is 0 Å². The van der Waals surface area contributed by atoms with Crippen molar-refractivity contribution in [3.8, 4) is 6.01 Å². The van der Waals surface area contributed by atoms with Crippen LogP contribution < -0.4 is 10.3 Å². The highest BCUT2D eigenvalue weighted by molar-refractivity contribution is 5.09. The lowest BCUT2D eigenvalue weighted by atomic mass is 9.99. The van der Waals surface area contributed by atoms with Gasteiger partial charge in [-0.05, 0) is 6.42 Å². The molecule has 1 unspecified atom stereocenters. The zero-order chi connectivity index (χ0) is 11.3. The molecule has 86 valence electrons. The van der Waals surface area contributed by atoms with Crippen molar-refractivity contribution in [1.29, 1.82) is 0 Å². The maximum absolute atomic E-state index is 11.1. The van der Waals surface area contributed by atoms with Crippen LogP contribution in [0.15, 0.2) is 17.1 Å². The molecule has 1 saturated heterocycles. The molecular weight excluding hydrogens is 208 g/mol. The zero-order valence-corrected chi connectivity index (χ0v) is 9.29. The van der Waals surface area contributed by atoms with E-state index in [2.05, 4.69) is 18.8 Å². The summed E-state index contributed by atoms with van der Waals surface area (Å²) in [6.07, 6.45) is 2.76. The smallest absolute Gasteiger partial charge is 0.302 e. The number of hydrogen-bond acceptors (Lipinski definition) is 4. The van der Waals surface area contributed by atoms with E-state index in [4.69, 9.17) is 9.47 Å². The van der Waals surface area contributed by atoms with Crippen LogP contribution >= 0.6 is 0 Å². The second-order valence-corrected chi connectivity index (χ2v) is 4.37. The van der Waals surface area contributed by atoms with Gasteiger partial charge in [0.25, 0.3) is 5.56 Å². The molecule has 2 aliphatic rings. The summed E-state index contributed by atoms with van der Waals surface area (Å²) in [4.78, 5) is 14.9. The van der Waals surface area contributed by atoms with Crippen LogP contribution in [0.1, 0.15) is 26.5 Å². The lowest BCUT2D eigenvalue weighted by Crippen LogP contribution is -2.24. The lowest BCUT2D eigenvalue weighted by molar-refractivity contribution is -0.00767. The van der Waals surface area contributed by atoms with Crippen molar-refractivity contribution < 1.29 is 9.47 Å². The van der Waals surface area contributed by atoms with Crippen molar-refractivity contribution in [3.05, 3.63) is 22.6 Å². The number of rotatable bonds is 1. The summed E-state index contributed by atoms with van der Waals surface area (Å²) >= 11 is 0. The molecule has 1 aromatic heterocycles. The fourth-order valence-corrected chi connectivity index (χ4v) is 2.51. The maximum atomic E-state index is 11.1. The molecule has 5 heteroatoms. The highest BCUT2D eigenvalue weighted by Gasteiger charge is 2.48. The normalized spacial score (nSPS) is 35.6. The van der Waals surface area contributed by atoms with Gasteiger partial charge in [-0.2, -0.15) is 4.98 Å². The van der Waals surface area contributed by atoms with Crippen LogP contribution in [0.5, 0.6) is 6.01 Å². The molecule has 0 N–H and O–H groups in total. The minimum Gasteiger partial charge on any atom is -0.456 e. The number of fused-ring (bicyclic) bond motifs is 3. The van der Waals surface area contributed by atoms with E-state index in [0.29, 0.717) is 11.9 Å². The van der Waals surface area contributed by atoms with E-state index in [1.165, 1.54) is 6.07 Å². The van der Waals surface area contributed by atoms with Crippen LogP contribution in [-0.2, 0) is 4.74 Å². The van der Waals surface area contributed by atoms with Crippen LogP contribution in [-0.4, -0.2) is 21.8 Å². The zero-order valence-electron chi connectivity index (χ0n) is 9.29. The summed E-state index contributed by atoms with van der Waals surface area (Å²) in [6.45, 7) is 4.22. The minimum absolute atomic E-state index is 0.0146. The van der Waals surface area contributed by atoms with Gasteiger partial charge < -0.3 is 9.47 Å². The number of nitrogens with zero attached hydrogens (tertiary/aromatic N) is 2. The molecule has 4 atom stereocenters. The number of ether oxygens (including phenoxy) is 2.